The molecule has 204 valence electrons. The summed E-state index contributed by atoms with van der Waals surface area (Å²) >= 11 is 0. The van der Waals surface area contributed by atoms with Crippen LogP contribution in [0.4, 0.5) is 5.69 Å². The van der Waals surface area contributed by atoms with Crippen LogP contribution in [0.2, 0.25) is 0 Å². The van der Waals surface area contributed by atoms with Crippen molar-refractivity contribution >= 4 is 11.5 Å². The van der Waals surface area contributed by atoms with Crippen molar-refractivity contribution < 1.29 is 23.7 Å². The molecule has 0 saturated carbocycles. The van der Waals surface area contributed by atoms with E-state index in [0.717, 1.165) is 41.2 Å². The van der Waals surface area contributed by atoms with E-state index in [1.165, 1.54) is 4.80 Å². The molecular formula is C28H37N5O5. The van der Waals surface area contributed by atoms with E-state index in [0.29, 0.717) is 42.7 Å². The Labute approximate surface area is 223 Å². The normalized spacial score (nSPS) is 13.9. The Hall–Kier alpha value is -3.66. The Bertz CT molecular complexity index is 1290. The lowest BCUT2D eigenvalue weighted by atomic mass is 9.84. The van der Waals surface area contributed by atoms with Gasteiger partial charge in [0.05, 0.1) is 39.7 Å². The summed E-state index contributed by atoms with van der Waals surface area (Å²) in [6.07, 6.45) is 0. The molecule has 1 saturated heterocycles. The third-order valence-electron chi connectivity index (χ3n) is 6.61. The van der Waals surface area contributed by atoms with E-state index in [1.807, 2.05) is 32.0 Å². The van der Waals surface area contributed by atoms with Gasteiger partial charge in [0.1, 0.15) is 12.3 Å². The predicted molar refractivity (Wildman–Crippen MR) is 145 cm³/mol. The maximum absolute atomic E-state index is 13.5. The van der Waals surface area contributed by atoms with Crippen molar-refractivity contribution in [3.63, 3.8) is 0 Å². The van der Waals surface area contributed by atoms with E-state index in [4.69, 9.17) is 18.9 Å². The Morgan fingerprint density at radius 3 is 2.45 bits per heavy atom. The molecule has 0 atom stereocenters. The lowest BCUT2D eigenvalue weighted by Crippen LogP contribution is -2.37. The first-order chi connectivity index (χ1) is 18.2. The zero-order chi connectivity index (χ0) is 27.4. The first kappa shape index (κ1) is 27.4. The van der Waals surface area contributed by atoms with Crippen molar-refractivity contribution in [1.29, 1.82) is 0 Å². The molecule has 1 fully saturated rings. The largest absolute Gasteiger partial charge is 0.493 e. The van der Waals surface area contributed by atoms with E-state index in [2.05, 4.69) is 41.1 Å². The summed E-state index contributed by atoms with van der Waals surface area (Å²) in [6.45, 7) is 13.5. The van der Waals surface area contributed by atoms with Crippen molar-refractivity contribution in [1.82, 2.24) is 20.2 Å². The van der Waals surface area contributed by atoms with Gasteiger partial charge in [0.25, 0.3) is 0 Å². The summed E-state index contributed by atoms with van der Waals surface area (Å²) in [5.74, 6) is 2.35. The van der Waals surface area contributed by atoms with Crippen LogP contribution >= 0.6 is 0 Å². The molecular weight excluding hydrogens is 486 g/mol. The fourth-order valence-electron chi connectivity index (χ4n) is 4.63. The molecule has 0 spiro atoms. The maximum atomic E-state index is 13.5. The van der Waals surface area contributed by atoms with Gasteiger partial charge in [-0.25, -0.2) is 0 Å². The quantitative estimate of drug-likeness (QED) is 0.384. The number of ketones is 1. The highest BCUT2D eigenvalue weighted by atomic mass is 16.5. The summed E-state index contributed by atoms with van der Waals surface area (Å²) in [5, 5.41) is 12.9. The topological polar surface area (TPSA) is 101 Å². The van der Waals surface area contributed by atoms with Crippen LogP contribution in [0.1, 0.15) is 49.2 Å². The first-order valence-corrected chi connectivity index (χ1v) is 12.8. The average Bonchev–Trinajstić information content (AvgIpc) is 3.36. The van der Waals surface area contributed by atoms with E-state index >= 15 is 0 Å². The number of carbonyl (C=O) groups excluding carboxylic acids is 1. The molecule has 10 heteroatoms. The van der Waals surface area contributed by atoms with Crippen LogP contribution in [0, 0.1) is 6.92 Å². The van der Waals surface area contributed by atoms with E-state index < -0.39 is 0 Å². The smallest absolute Gasteiger partial charge is 0.205 e. The third kappa shape index (κ3) is 5.60. The number of benzene rings is 2. The number of methoxy groups -OCH3 is 2. The fourth-order valence-corrected chi connectivity index (χ4v) is 4.63. The number of aromatic nitrogens is 4. The van der Waals surface area contributed by atoms with Crippen molar-refractivity contribution in [2.24, 2.45) is 0 Å². The molecule has 0 amide bonds. The summed E-state index contributed by atoms with van der Waals surface area (Å²) < 4.78 is 22.6. The van der Waals surface area contributed by atoms with Gasteiger partial charge in [0.2, 0.25) is 5.82 Å². The number of hydrogen-bond acceptors (Lipinski definition) is 9. The molecule has 1 aromatic heterocycles. The highest BCUT2D eigenvalue weighted by molar-refractivity contribution is 5.97. The molecule has 4 rings (SSSR count). The van der Waals surface area contributed by atoms with Gasteiger partial charge in [-0.3, -0.25) is 4.79 Å². The molecule has 0 aliphatic carbocycles. The summed E-state index contributed by atoms with van der Waals surface area (Å²) in [5.41, 5.74) is 3.84. The SMILES string of the molecule is CCOc1c(N2CCOCC2)cc(C(=O)Cn2nnc(-c3ccc(OC)c(OC)c3C)n2)cc1C(C)(C)C. The van der Waals surface area contributed by atoms with Gasteiger partial charge in [-0.05, 0) is 48.7 Å². The molecule has 0 N–H and O–H groups in total. The minimum absolute atomic E-state index is 0.0422. The van der Waals surface area contributed by atoms with Crippen LogP contribution in [-0.4, -0.2) is 73.1 Å². The number of tetrazole rings is 1. The van der Waals surface area contributed by atoms with Gasteiger partial charge >= 0.3 is 0 Å². The molecule has 1 aliphatic rings. The van der Waals surface area contributed by atoms with Crippen molar-refractivity contribution in [3.8, 4) is 28.6 Å². The molecule has 3 aromatic rings. The van der Waals surface area contributed by atoms with Crippen molar-refractivity contribution in [3.05, 3.63) is 41.0 Å². The standard InChI is InChI=1S/C28H37N5O5/c1-8-38-26-21(28(3,4)5)15-19(16-22(26)32-11-13-37-14-12-32)23(34)17-33-30-27(29-31-33)20-9-10-24(35-6)25(36-7)18(20)2/h9-10,15-16H,8,11-14,17H2,1-7H3. The van der Waals surface area contributed by atoms with Gasteiger partial charge in [0, 0.05) is 35.3 Å². The second kappa shape index (κ2) is 11.4. The number of rotatable bonds is 9. The number of hydrogen-bond donors (Lipinski definition) is 0. The highest BCUT2D eigenvalue weighted by Crippen LogP contribution is 2.41. The van der Waals surface area contributed by atoms with Crippen molar-refractivity contribution in [2.45, 2.75) is 46.6 Å². The van der Waals surface area contributed by atoms with Crippen LogP contribution in [-0.2, 0) is 16.7 Å². The second-order valence-corrected chi connectivity index (χ2v) is 10.2. The Kier molecular flexibility index (Phi) is 8.20. The van der Waals surface area contributed by atoms with Crippen LogP contribution in [0.15, 0.2) is 24.3 Å². The second-order valence-electron chi connectivity index (χ2n) is 10.2. The van der Waals surface area contributed by atoms with E-state index in [-0.39, 0.29) is 17.7 Å². The number of anilines is 1. The molecule has 0 radical (unpaired) electrons. The molecule has 0 bridgehead atoms. The Balaban J connectivity index is 1.67. The van der Waals surface area contributed by atoms with Crippen LogP contribution in [0.3, 0.4) is 0 Å². The lowest BCUT2D eigenvalue weighted by Gasteiger charge is -2.33. The number of Topliss-reactive ketones (excluding diaryl/α,β-unsaturated/α-hetero) is 1. The number of nitrogens with zero attached hydrogens (tertiary/aromatic N) is 5. The van der Waals surface area contributed by atoms with Gasteiger partial charge in [-0.2, -0.15) is 4.80 Å². The Morgan fingerprint density at radius 1 is 1.08 bits per heavy atom. The average molecular weight is 524 g/mol. The highest BCUT2D eigenvalue weighted by Gasteiger charge is 2.28. The van der Waals surface area contributed by atoms with E-state index in [1.54, 1.807) is 20.3 Å². The first-order valence-electron chi connectivity index (χ1n) is 12.8. The predicted octanol–water partition coefficient (Wildman–Crippen LogP) is 4.08. The van der Waals surface area contributed by atoms with Crippen LogP contribution < -0.4 is 19.1 Å². The summed E-state index contributed by atoms with van der Waals surface area (Å²) in [6, 6.07) is 7.52. The lowest BCUT2D eigenvalue weighted by molar-refractivity contribution is 0.0961. The molecule has 2 aromatic carbocycles. The zero-order valence-corrected chi connectivity index (χ0v) is 23.3. The van der Waals surface area contributed by atoms with Gasteiger partial charge < -0.3 is 23.8 Å². The molecule has 10 nitrogen and oxygen atoms in total. The van der Waals surface area contributed by atoms with Crippen LogP contribution in [0.5, 0.6) is 17.2 Å². The zero-order valence-electron chi connectivity index (χ0n) is 23.3. The summed E-state index contributed by atoms with van der Waals surface area (Å²) in [7, 11) is 3.18. The Morgan fingerprint density at radius 2 is 1.82 bits per heavy atom. The van der Waals surface area contributed by atoms with Crippen LogP contribution in [0.25, 0.3) is 11.4 Å². The molecule has 38 heavy (non-hydrogen) atoms. The third-order valence-corrected chi connectivity index (χ3v) is 6.61. The van der Waals surface area contributed by atoms with Crippen molar-refractivity contribution in [2.75, 3.05) is 52.0 Å². The maximum Gasteiger partial charge on any atom is 0.205 e. The molecule has 2 heterocycles. The van der Waals surface area contributed by atoms with Gasteiger partial charge in [0.15, 0.2) is 17.3 Å². The van der Waals surface area contributed by atoms with E-state index in [9.17, 15) is 4.79 Å². The monoisotopic (exact) mass is 523 g/mol. The minimum Gasteiger partial charge on any atom is -0.493 e. The molecule has 0 unspecified atom stereocenters. The number of morpholine rings is 1. The summed E-state index contributed by atoms with van der Waals surface area (Å²) in [4.78, 5) is 17.1. The van der Waals surface area contributed by atoms with Gasteiger partial charge in [-0.15, -0.1) is 10.2 Å². The molecule has 1 aliphatic heterocycles. The number of ether oxygens (including phenoxy) is 4. The number of carbonyl (C=O) groups is 1. The van der Waals surface area contributed by atoms with Gasteiger partial charge in [-0.1, -0.05) is 20.8 Å². The fraction of sp³-hybridized carbons (Fsp3) is 0.500. The minimum atomic E-state index is -0.231.